The van der Waals surface area contributed by atoms with Gasteiger partial charge in [0.25, 0.3) is 0 Å². The lowest BCUT2D eigenvalue weighted by Gasteiger charge is -2.06. The molecule has 0 aliphatic rings. The van der Waals surface area contributed by atoms with Gasteiger partial charge in [-0.15, -0.1) is 11.3 Å². The van der Waals surface area contributed by atoms with E-state index in [1.807, 2.05) is 23.1 Å². The largest absolute Gasteiger partial charge is 0.312 e. The third kappa shape index (κ3) is 5.40. The van der Waals surface area contributed by atoms with E-state index in [1.165, 1.54) is 22.0 Å². The van der Waals surface area contributed by atoms with Gasteiger partial charge in [0.15, 0.2) is 0 Å². The number of hydrogen-bond donors (Lipinski definition) is 1. The summed E-state index contributed by atoms with van der Waals surface area (Å²) < 4.78 is 0. The molecule has 1 heterocycles. The molecule has 0 amide bonds. The summed E-state index contributed by atoms with van der Waals surface area (Å²) >= 11 is 3.73. The number of thioether (sulfide) groups is 1. The van der Waals surface area contributed by atoms with Crippen LogP contribution in [-0.4, -0.2) is 17.8 Å². The van der Waals surface area contributed by atoms with Crippen molar-refractivity contribution in [2.75, 3.05) is 12.8 Å². The first kappa shape index (κ1) is 15.0. The third-order valence-electron chi connectivity index (χ3n) is 2.42. The fraction of sp³-hybridized carbons (Fsp3) is 0.769. The third-order valence-corrected chi connectivity index (χ3v) is 4.26. The quantitative estimate of drug-likeness (QED) is 0.781. The lowest BCUT2D eigenvalue weighted by molar-refractivity contribution is 0.553. The topological polar surface area (TPSA) is 24.9 Å². The zero-order chi connectivity index (χ0) is 12.7. The van der Waals surface area contributed by atoms with Gasteiger partial charge in [-0.2, -0.15) is 11.8 Å². The highest BCUT2D eigenvalue weighted by molar-refractivity contribution is 7.97. The Morgan fingerprint density at radius 2 is 2.18 bits per heavy atom. The van der Waals surface area contributed by atoms with Crippen LogP contribution in [0.3, 0.4) is 0 Å². The number of thiazole rings is 1. The summed E-state index contributed by atoms with van der Waals surface area (Å²) in [6.07, 6.45) is 4.43. The predicted octanol–water partition coefficient (Wildman–Crippen LogP) is 3.70. The molecule has 4 heteroatoms. The van der Waals surface area contributed by atoms with Crippen molar-refractivity contribution >= 4 is 23.1 Å². The van der Waals surface area contributed by atoms with Crippen molar-refractivity contribution in [2.45, 2.75) is 45.9 Å². The highest BCUT2D eigenvalue weighted by Gasteiger charge is 2.10. The van der Waals surface area contributed by atoms with Crippen LogP contribution in [0.1, 0.15) is 42.8 Å². The standard InChI is InChI=1S/C13H24N2S2/c1-5-6-11-12(8-14-7-10(2)3)17-13(15-11)9-16-4/h10,14H,5-9H2,1-4H3. The van der Waals surface area contributed by atoms with Crippen molar-refractivity contribution in [1.29, 1.82) is 0 Å². The smallest absolute Gasteiger partial charge is 0.103 e. The molecule has 1 aromatic heterocycles. The van der Waals surface area contributed by atoms with Crippen LogP contribution in [0.4, 0.5) is 0 Å². The minimum absolute atomic E-state index is 0.711. The van der Waals surface area contributed by atoms with Gasteiger partial charge in [-0.05, 0) is 25.1 Å². The van der Waals surface area contributed by atoms with Crippen LogP contribution in [0.5, 0.6) is 0 Å². The molecule has 0 aliphatic heterocycles. The maximum atomic E-state index is 4.75. The molecule has 0 fully saturated rings. The number of hydrogen-bond acceptors (Lipinski definition) is 4. The SMILES string of the molecule is CCCc1nc(CSC)sc1CNCC(C)C. The predicted molar refractivity (Wildman–Crippen MR) is 79.9 cm³/mol. The van der Waals surface area contributed by atoms with Crippen molar-refractivity contribution in [3.63, 3.8) is 0 Å². The first-order valence-electron chi connectivity index (χ1n) is 6.34. The van der Waals surface area contributed by atoms with Gasteiger partial charge in [0.2, 0.25) is 0 Å². The monoisotopic (exact) mass is 272 g/mol. The molecule has 0 unspecified atom stereocenters. The Kier molecular flexibility index (Phi) is 7.16. The number of aromatic nitrogens is 1. The summed E-state index contributed by atoms with van der Waals surface area (Å²) in [5.41, 5.74) is 1.32. The zero-order valence-electron chi connectivity index (χ0n) is 11.4. The minimum atomic E-state index is 0.711. The molecular formula is C13H24N2S2. The van der Waals surface area contributed by atoms with E-state index in [9.17, 15) is 0 Å². The first-order valence-corrected chi connectivity index (χ1v) is 8.55. The van der Waals surface area contributed by atoms with E-state index in [1.54, 1.807) is 0 Å². The van der Waals surface area contributed by atoms with E-state index in [0.29, 0.717) is 5.92 Å². The van der Waals surface area contributed by atoms with Crippen molar-refractivity contribution in [1.82, 2.24) is 10.3 Å². The van der Waals surface area contributed by atoms with E-state index in [0.717, 1.165) is 25.3 Å². The van der Waals surface area contributed by atoms with Gasteiger partial charge in [-0.3, -0.25) is 0 Å². The highest BCUT2D eigenvalue weighted by Crippen LogP contribution is 2.22. The number of aryl methyl sites for hydroxylation is 1. The van der Waals surface area contributed by atoms with Crippen LogP contribution in [0.25, 0.3) is 0 Å². The van der Waals surface area contributed by atoms with Crippen LogP contribution < -0.4 is 5.32 Å². The van der Waals surface area contributed by atoms with Crippen LogP contribution in [0.2, 0.25) is 0 Å². The summed E-state index contributed by atoms with van der Waals surface area (Å²) in [4.78, 5) is 6.19. The van der Waals surface area contributed by atoms with E-state index >= 15 is 0 Å². The summed E-state index contributed by atoms with van der Waals surface area (Å²) in [5, 5.41) is 4.80. The Bertz CT molecular complexity index is 321. The number of nitrogens with zero attached hydrogens (tertiary/aromatic N) is 1. The normalized spacial score (nSPS) is 11.4. The van der Waals surface area contributed by atoms with Crippen LogP contribution in [-0.2, 0) is 18.7 Å². The maximum absolute atomic E-state index is 4.75. The average molecular weight is 272 g/mol. The van der Waals surface area contributed by atoms with E-state index in [-0.39, 0.29) is 0 Å². The second kappa shape index (κ2) is 8.11. The first-order chi connectivity index (χ1) is 8.17. The summed E-state index contributed by atoms with van der Waals surface area (Å²) in [7, 11) is 0. The molecule has 1 rings (SSSR count). The van der Waals surface area contributed by atoms with E-state index in [2.05, 4.69) is 32.3 Å². The summed E-state index contributed by atoms with van der Waals surface area (Å²) in [6.45, 7) is 8.78. The number of nitrogens with one attached hydrogen (secondary N) is 1. The molecule has 17 heavy (non-hydrogen) atoms. The molecule has 0 aliphatic carbocycles. The Hall–Kier alpha value is -0.0600. The molecule has 0 radical (unpaired) electrons. The molecule has 2 nitrogen and oxygen atoms in total. The molecule has 0 saturated heterocycles. The molecule has 1 N–H and O–H groups in total. The van der Waals surface area contributed by atoms with Gasteiger partial charge in [0.05, 0.1) is 5.69 Å². The van der Waals surface area contributed by atoms with Crippen molar-refractivity contribution < 1.29 is 0 Å². The molecule has 98 valence electrons. The maximum Gasteiger partial charge on any atom is 0.103 e. The van der Waals surface area contributed by atoms with Gasteiger partial charge in [0.1, 0.15) is 5.01 Å². The lowest BCUT2D eigenvalue weighted by atomic mass is 10.2. The second-order valence-corrected chi connectivity index (χ2v) is 6.72. The molecule has 0 bridgehead atoms. The fourth-order valence-electron chi connectivity index (χ4n) is 1.67. The Morgan fingerprint density at radius 1 is 1.41 bits per heavy atom. The van der Waals surface area contributed by atoms with Gasteiger partial charge >= 0.3 is 0 Å². The molecule has 0 saturated carbocycles. The van der Waals surface area contributed by atoms with Crippen molar-refractivity contribution in [3.05, 3.63) is 15.6 Å². The van der Waals surface area contributed by atoms with E-state index < -0.39 is 0 Å². The van der Waals surface area contributed by atoms with Crippen molar-refractivity contribution in [2.24, 2.45) is 5.92 Å². The minimum Gasteiger partial charge on any atom is -0.312 e. The zero-order valence-corrected chi connectivity index (χ0v) is 13.0. The molecule has 1 aromatic rings. The van der Waals surface area contributed by atoms with E-state index in [4.69, 9.17) is 4.98 Å². The summed E-state index contributed by atoms with van der Waals surface area (Å²) in [6, 6.07) is 0. The average Bonchev–Trinajstić information content (AvgIpc) is 2.62. The van der Waals surface area contributed by atoms with Crippen LogP contribution >= 0.6 is 23.1 Å². The summed E-state index contributed by atoms with van der Waals surface area (Å²) in [5.74, 6) is 1.76. The Balaban J connectivity index is 2.60. The molecular weight excluding hydrogens is 248 g/mol. The molecule has 0 aromatic carbocycles. The lowest BCUT2D eigenvalue weighted by Crippen LogP contribution is -2.19. The van der Waals surface area contributed by atoms with Gasteiger partial charge in [0, 0.05) is 17.2 Å². The highest BCUT2D eigenvalue weighted by atomic mass is 32.2. The van der Waals surface area contributed by atoms with Gasteiger partial charge < -0.3 is 5.32 Å². The molecule has 0 atom stereocenters. The van der Waals surface area contributed by atoms with Crippen molar-refractivity contribution in [3.8, 4) is 0 Å². The van der Waals surface area contributed by atoms with Crippen LogP contribution in [0.15, 0.2) is 0 Å². The second-order valence-electron chi connectivity index (χ2n) is 4.69. The van der Waals surface area contributed by atoms with Gasteiger partial charge in [-0.1, -0.05) is 27.2 Å². The van der Waals surface area contributed by atoms with Gasteiger partial charge in [-0.25, -0.2) is 4.98 Å². The fourth-order valence-corrected chi connectivity index (χ4v) is 3.45. The van der Waals surface area contributed by atoms with Crippen LogP contribution in [0, 0.1) is 5.92 Å². The Labute approximate surface area is 114 Å². The molecule has 0 spiro atoms. The Morgan fingerprint density at radius 3 is 2.76 bits per heavy atom. The number of rotatable bonds is 8.